The molecule has 0 saturated heterocycles. The molecule has 0 saturated carbocycles. The first-order valence-electron chi connectivity index (χ1n) is 5.65. The van der Waals surface area contributed by atoms with Gasteiger partial charge in [0, 0.05) is 12.1 Å². The van der Waals surface area contributed by atoms with E-state index < -0.39 is 10.9 Å². The van der Waals surface area contributed by atoms with Crippen LogP contribution in [-0.2, 0) is 4.74 Å². The molecule has 0 amide bonds. The van der Waals surface area contributed by atoms with E-state index in [-0.39, 0.29) is 16.3 Å². The number of carbonyl (C=O) groups excluding carboxylic acids is 1. The maximum atomic E-state index is 11.4. The lowest BCUT2D eigenvalue weighted by molar-refractivity contribution is -0.384. The number of nitro groups is 1. The monoisotopic (exact) mass is 291 g/mol. The molecule has 0 aliphatic carbocycles. The lowest BCUT2D eigenvalue weighted by atomic mass is 10.0. The number of rotatable bonds is 3. The fraction of sp³-hybridized carbons (Fsp3) is 0.0714. The van der Waals surface area contributed by atoms with Crippen LogP contribution in [0, 0.1) is 10.1 Å². The highest BCUT2D eigenvalue weighted by atomic mass is 35.5. The molecule has 0 aliphatic heterocycles. The fourth-order valence-corrected chi connectivity index (χ4v) is 2.00. The molecule has 0 aliphatic rings. The minimum Gasteiger partial charge on any atom is -0.465 e. The van der Waals surface area contributed by atoms with Gasteiger partial charge in [-0.25, -0.2) is 4.79 Å². The van der Waals surface area contributed by atoms with Crippen LogP contribution >= 0.6 is 11.6 Å². The van der Waals surface area contributed by atoms with Gasteiger partial charge < -0.3 is 4.74 Å². The lowest BCUT2D eigenvalue weighted by Crippen LogP contribution is -2.01. The molecule has 0 bridgehead atoms. The molecule has 0 radical (unpaired) electrons. The van der Waals surface area contributed by atoms with E-state index in [0.717, 1.165) is 11.1 Å². The number of hydrogen-bond acceptors (Lipinski definition) is 4. The molecule has 6 heteroatoms. The van der Waals surface area contributed by atoms with Gasteiger partial charge in [-0.05, 0) is 35.4 Å². The molecule has 2 aromatic carbocycles. The summed E-state index contributed by atoms with van der Waals surface area (Å²) in [6, 6.07) is 11.0. The number of halogens is 1. The maximum absolute atomic E-state index is 11.4. The molecule has 5 nitrogen and oxygen atoms in total. The summed E-state index contributed by atoms with van der Waals surface area (Å²) < 4.78 is 4.61. The topological polar surface area (TPSA) is 69.4 Å². The largest absolute Gasteiger partial charge is 0.465 e. The van der Waals surface area contributed by atoms with E-state index in [4.69, 9.17) is 11.6 Å². The zero-order valence-electron chi connectivity index (χ0n) is 10.5. The second-order valence-corrected chi connectivity index (χ2v) is 4.40. The van der Waals surface area contributed by atoms with Crippen molar-refractivity contribution in [3.05, 3.63) is 63.2 Å². The minimum absolute atomic E-state index is 0.0195. The SMILES string of the molecule is COC(=O)c1ccc(-c2ccc([N+](=O)[O-])cc2)cc1Cl. The summed E-state index contributed by atoms with van der Waals surface area (Å²) in [5.41, 5.74) is 1.83. The van der Waals surface area contributed by atoms with Gasteiger partial charge in [-0.1, -0.05) is 17.7 Å². The maximum Gasteiger partial charge on any atom is 0.339 e. The van der Waals surface area contributed by atoms with Gasteiger partial charge in [0.2, 0.25) is 0 Å². The van der Waals surface area contributed by atoms with E-state index in [2.05, 4.69) is 4.74 Å². The van der Waals surface area contributed by atoms with Gasteiger partial charge >= 0.3 is 5.97 Å². The first kappa shape index (κ1) is 14.0. The van der Waals surface area contributed by atoms with Gasteiger partial charge in [0.1, 0.15) is 0 Å². The van der Waals surface area contributed by atoms with Crippen molar-refractivity contribution in [2.24, 2.45) is 0 Å². The summed E-state index contributed by atoms with van der Waals surface area (Å²) in [6.07, 6.45) is 0. The molecule has 2 rings (SSSR count). The van der Waals surface area contributed by atoms with Gasteiger partial charge in [-0.3, -0.25) is 10.1 Å². The lowest BCUT2D eigenvalue weighted by Gasteiger charge is -2.06. The molecular formula is C14H10ClNO4. The summed E-state index contributed by atoms with van der Waals surface area (Å²) in [4.78, 5) is 21.5. The number of nitro benzene ring substituents is 1. The second kappa shape index (κ2) is 5.71. The van der Waals surface area contributed by atoms with Crippen LogP contribution < -0.4 is 0 Å². The Morgan fingerprint density at radius 1 is 1.15 bits per heavy atom. The molecule has 0 N–H and O–H groups in total. The predicted molar refractivity (Wildman–Crippen MR) is 74.9 cm³/mol. The van der Waals surface area contributed by atoms with Crippen LogP contribution in [0.3, 0.4) is 0 Å². The Hall–Kier alpha value is -2.40. The quantitative estimate of drug-likeness (QED) is 0.491. The molecule has 102 valence electrons. The number of nitrogens with zero attached hydrogens (tertiary/aromatic N) is 1. The van der Waals surface area contributed by atoms with Gasteiger partial charge in [0.25, 0.3) is 5.69 Å². The Kier molecular flexibility index (Phi) is 4.00. The Labute approximate surface area is 119 Å². The average Bonchev–Trinajstić information content (AvgIpc) is 2.46. The number of methoxy groups -OCH3 is 1. The predicted octanol–water partition coefficient (Wildman–Crippen LogP) is 3.70. The normalized spacial score (nSPS) is 10.1. The third-order valence-corrected chi connectivity index (χ3v) is 3.10. The smallest absolute Gasteiger partial charge is 0.339 e. The molecule has 0 unspecified atom stereocenters. The van der Waals surface area contributed by atoms with Crippen LogP contribution in [0.25, 0.3) is 11.1 Å². The highest BCUT2D eigenvalue weighted by Crippen LogP contribution is 2.27. The van der Waals surface area contributed by atoms with Crippen LogP contribution in [0.2, 0.25) is 5.02 Å². The standard InChI is InChI=1S/C14H10ClNO4/c1-20-14(17)12-7-4-10(8-13(12)15)9-2-5-11(6-3-9)16(18)19/h2-8H,1H3. The van der Waals surface area contributed by atoms with Gasteiger partial charge in [0.05, 0.1) is 22.6 Å². The van der Waals surface area contributed by atoms with Gasteiger partial charge in [-0.2, -0.15) is 0 Å². The van der Waals surface area contributed by atoms with Gasteiger partial charge in [0.15, 0.2) is 0 Å². The Balaban J connectivity index is 2.36. The zero-order chi connectivity index (χ0) is 14.7. The first-order chi connectivity index (χ1) is 9.52. The number of hydrogen-bond donors (Lipinski definition) is 0. The highest BCUT2D eigenvalue weighted by molar-refractivity contribution is 6.33. The van der Waals surface area contributed by atoms with Crippen LogP contribution in [0.4, 0.5) is 5.69 Å². The molecule has 2 aromatic rings. The fourth-order valence-electron chi connectivity index (χ4n) is 1.75. The number of carbonyl (C=O) groups is 1. The minimum atomic E-state index is -0.509. The van der Waals surface area contributed by atoms with Crippen LogP contribution in [-0.4, -0.2) is 18.0 Å². The van der Waals surface area contributed by atoms with E-state index >= 15 is 0 Å². The second-order valence-electron chi connectivity index (χ2n) is 3.99. The van der Waals surface area contributed by atoms with Crippen LogP contribution in [0.5, 0.6) is 0 Å². The summed E-state index contributed by atoms with van der Waals surface area (Å²) in [6.45, 7) is 0. The highest BCUT2D eigenvalue weighted by Gasteiger charge is 2.12. The summed E-state index contributed by atoms with van der Waals surface area (Å²) >= 11 is 6.03. The van der Waals surface area contributed by atoms with Crippen molar-refractivity contribution in [3.63, 3.8) is 0 Å². The summed E-state index contributed by atoms with van der Waals surface area (Å²) in [7, 11) is 1.28. The van der Waals surface area contributed by atoms with Crippen molar-refractivity contribution in [2.75, 3.05) is 7.11 Å². The van der Waals surface area contributed by atoms with Crippen molar-refractivity contribution >= 4 is 23.3 Å². The van der Waals surface area contributed by atoms with E-state index in [9.17, 15) is 14.9 Å². The van der Waals surface area contributed by atoms with E-state index in [1.165, 1.54) is 19.2 Å². The third kappa shape index (κ3) is 2.78. The van der Waals surface area contributed by atoms with Crippen molar-refractivity contribution in [2.45, 2.75) is 0 Å². The van der Waals surface area contributed by atoms with Gasteiger partial charge in [-0.15, -0.1) is 0 Å². The zero-order valence-corrected chi connectivity index (χ0v) is 11.3. The van der Waals surface area contributed by atoms with Crippen molar-refractivity contribution < 1.29 is 14.5 Å². The molecule has 0 aromatic heterocycles. The Morgan fingerprint density at radius 2 is 1.75 bits per heavy atom. The van der Waals surface area contributed by atoms with E-state index in [0.29, 0.717) is 0 Å². The molecular weight excluding hydrogens is 282 g/mol. The van der Waals surface area contributed by atoms with Crippen LogP contribution in [0.15, 0.2) is 42.5 Å². The average molecular weight is 292 g/mol. The van der Waals surface area contributed by atoms with E-state index in [1.807, 2.05) is 0 Å². The number of esters is 1. The van der Waals surface area contributed by atoms with Crippen LogP contribution in [0.1, 0.15) is 10.4 Å². The summed E-state index contributed by atoms with van der Waals surface area (Å²) in [5, 5.41) is 10.9. The summed E-state index contributed by atoms with van der Waals surface area (Å²) in [5.74, 6) is -0.509. The third-order valence-electron chi connectivity index (χ3n) is 2.79. The van der Waals surface area contributed by atoms with E-state index in [1.54, 1.807) is 30.3 Å². The van der Waals surface area contributed by atoms with Crippen molar-refractivity contribution in [3.8, 4) is 11.1 Å². The molecule has 0 fully saturated rings. The van der Waals surface area contributed by atoms with Crippen molar-refractivity contribution in [1.82, 2.24) is 0 Å². The molecule has 0 atom stereocenters. The Morgan fingerprint density at radius 3 is 2.25 bits per heavy atom. The number of ether oxygens (including phenoxy) is 1. The first-order valence-corrected chi connectivity index (χ1v) is 6.03. The molecule has 0 heterocycles. The molecule has 20 heavy (non-hydrogen) atoms. The number of non-ortho nitro benzene ring substituents is 1. The molecule has 0 spiro atoms. The van der Waals surface area contributed by atoms with Crippen molar-refractivity contribution in [1.29, 1.82) is 0 Å². The Bertz CT molecular complexity index is 667. The number of benzene rings is 2.